The van der Waals surface area contributed by atoms with Gasteiger partial charge in [0, 0.05) is 18.5 Å². The topological polar surface area (TPSA) is 66.8 Å². The van der Waals surface area contributed by atoms with Crippen LogP contribution in [0.2, 0.25) is 0 Å². The molecule has 128 valence electrons. The van der Waals surface area contributed by atoms with E-state index in [1.807, 2.05) is 0 Å². The van der Waals surface area contributed by atoms with Crippen LogP contribution in [0.1, 0.15) is 18.4 Å². The number of para-hydroxylation sites is 1. The number of halogens is 2. The normalized spacial score (nSPS) is 16.3. The maximum Gasteiger partial charge on any atom is 0.387 e. The molecule has 5 nitrogen and oxygen atoms in total. The van der Waals surface area contributed by atoms with Crippen LogP contribution in [0.3, 0.4) is 0 Å². The zero-order chi connectivity index (χ0) is 17.7. The van der Waals surface area contributed by atoms with Crippen molar-refractivity contribution in [2.45, 2.75) is 19.5 Å². The van der Waals surface area contributed by atoms with Crippen LogP contribution < -0.4 is 4.74 Å². The summed E-state index contributed by atoms with van der Waals surface area (Å²) in [4.78, 5) is 24.5. The zero-order valence-electron chi connectivity index (χ0n) is 12.3. The number of hydrogen-bond acceptors (Lipinski definition) is 5. The molecule has 0 aromatic heterocycles. The second-order valence-electron chi connectivity index (χ2n) is 4.75. The number of carboxylic acids is 1. The molecule has 1 fully saturated rings. The van der Waals surface area contributed by atoms with Gasteiger partial charge in [0.15, 0.2) is 0 Å². The third-order valence-corrected chi connectivity index (χ3v) is 4.45. The zero-order valence-corrected chi connectivity index (χ0v) is 13.9. The number of ether oxygens (including phenoxy) is 1. The van der Waals surface area contributed by atoms with E-state index in [4.69, 9.17) is 17.3 Å². The molecule has 1 saturated heterocycles. The van der Waals surface area contributed by atoms with Gasteiger partial charge < -0.3 is 9.84 Å². The van der Waals surface area contributed by atoms with Crippen molar-refractivity contribution in [3.05, 3.63) is 34.7 Å². The highest BCUT2D eigenvalue weighted by Gasteiger charge is 2.31. The predicted octanol–water partition coefficient (Wildman–Crippen LogP) is 3.35. The Bertz CT molecular complexity index is 694. The molecule has 9 heteroatoms. The lowest BCUT2D eigenvalue weighted by atomic mass is 10.2. The first-order valence-corrected chi connectivity index (χ1v) is 8.12. The van der Waals surface area contributed by atoms with Crippen LogP contribution in [0, 0.1) is 0 Å². The van der Waals surface area contributed by atoms with E-state index in [2.05, 4.69) is 4.74 Å². The standard InChI is InChI=1S/C15H13F2NO4S2/c16-14(17)22-10-5-2-1-4-9(10)8-11-13(21)18(15(23)24-11)7-3-6-12(19)20/h1-2,4-5,8,14H,3,6-7H2,(H,19,20)/b11-8+. The van der Waals surface area contributed by atoms with Crippen molar-refractivity contribution in [3.8, 4) is 5.75 Å². The highest BCUT2D eigenvalue weighted by atomic mass is 32.2. The van der Waals surface area contributed by atoms with Gasteiger partial charge in [-0.2, -0.15) is 8.78 Å². The molecule has 0 unspecified atom stereocenters. The molecule has 1 amide bonds. The summed E-state index contributed by atoms with van der Waals surface area (Å²) in [7, 11) is 0. The number of thiocarbonyl (C=S) groups is 1. The summed E-state index contributed by atoms with van der Waals surface area (Å²) in [5.74, 6) is -1.36. The number of carbonyl (C=O) groups excluding carboxylic acids is 1. The summed E-state index contributed by atoms with van der Waals surface area (Å²) in [6.07, 6.45) is 1.65. The van der Waals surface area contributed by atoms with Gasteiger partial charge in [0.25, 0.3) is 5.91 Å². The summed E-state index contributed by atoms with van der Waals surface area (Å²) in [5.41, 5.74) is 0.337. The monoisotopic (exact) mass is 373 g/mol. The van der Waals surface area contributed by atoms with E-state index in [1.54, 1.807) is 18.2 Å². The molecular formula is C15H13F2NO4S2. The Labute approximate surface area is 146 Å². The van der Waals surface area contributed by atoms with Crippen LogP contribution in [-0.4, -0.2) is 39.4 Å². The molecule has 1 aromatic rings. The molecule has 0 saturated carbocycles. The number of amides is 1. The van der Waals surface area contributed by atoms with Gasteiger partial charge >= 0.3 is 12.6 Å². The maximum atomic E-state index is 12.4. The van der Waals surface area contributed by atoms with Gasteiger partial charge in [-0.25, -0.2) is 0 Å². The van der Waals surface area contributed by atoms with Crippen molar-refractivity contribution < 1.29 is 28.2 Å². The second kappa shape index (κ2) is 8.20. The Kier molecular flexibility index (Phi) is 6.27. The molecule has 0 radical (unpaired) electrons. The number of alkyl halides is 2. The largest absolute Gasteiger partial charge is 0.481 e. The molecule has 0 atom stereocenters. The van der Waals surface area contributed by atoms with E-state index in [9.17, 15) is 18.4 Å². The van der Waals surface area contributed by atoms with Gasteiger partial charge in [-0.3, -0.25) is 14.5 Å². The number of hydrogen-bond donors (Lipinski definition) is 1. The minimum Gasteiger partial charge on any atom is -0.481 e. The number of carbonyl (C=O) groups is 2. The number of aliphatic carboxylic acids is 1. The fourth-order valence-electron chi connectivity index (χ4n) is 2.03. The molecule has 0 spiro atoms. The molecule has 1 heterocycles. The number of benzene rings is 1. The molecule has 0 aliphatic carbocycles. The van der Waals surface area contributed by atoms with E-state index >= 15 is 0 Å². The van der Waals surface area contributed by atoms with E-state index < -0.39 is 12.6 Å². The molecule has 1 aliphatic rings. The maximum absolute atomic E-state index is 12.4. The molecule has 1 N–H and O–H groups in total. The van der Waals surface area contributed by atoms with E-state index in [0.29, 0.717) is 9.88 Å². The van der Waals surface area contributed by atoms with Crippen LogP contribution in [0.15, 0.2) is 29.2 Å². The average Bonchev–Trinajstić information content (AvgIpc) is 2.76. The predicted molar refractivity (Wildman–Crippen MR) is 89.8 cm³/mol. The fourth-order valence-corrected chi connectivity index (χ4v) is 3.32. The first kappa shape index (κ1) is 18.3. The summed E-state index contributed by atoms with van der Waals surface area (Å²) in [6.45, 7) is -2.77. The van der Waals surface area contributed by atoms with Crippen molar-refractivity contribution in [2.24, 2.45) is 0 Å². The highest BCUT2D eigenvalue weighted by Crippen LogP contribution is 2.34. The lowest BCUT2D eigenvalue weighted by molar-refractivity contribution is -0.137. The number of nitrogens with zero attached hydrogens (tertiary/aromatic N) is 1. The van der Waals surface area contributed by atoms with Crippen molar-refractivity contribution in [2.75, 3.05) is 6.54 Å². The van der Waals surface area contributed by atoms with Crippen molar-refractivity contribution in [1.82, 2.24) is 4.90 Å². The van der Waals surface area contributed by atoms with Crippen LogP contribution in [0.25, 0.3) is 6.08 Å². The van der Waals surface area contributed by atoms with Crippen LogP contribution in [-0.2, 0) is 9.59 Å². The number of thioether (sulfide) groups is 1. The van der Waals surface area contributed by atoms with Gasteiger partial charge in [0.1, 0.15) is 10.1 Å². The average molecular weight is 373 g/mol. The third kappa shape index (κ3) is 4.75. The van der Waals surface area contributed by atoms with E-state index in [-0.39, 0.29) is 35.9 Å². The van der Waals surface area contributed by atoms with Crippen LogP contribution >= 0.6 is 24.0 Å². The molecule has 1 aliphatic heterocycles. The Balaban J connectivity index is 2.15. The smallest absolute Gasteiger partial charge is 0.387 e. The Morgan fingerprint density at radius 1 is 1.42 bits per heavy atom. The van der Waals surface area contributed by atoms with Crippen LogP contribution in [0.5, 0.6) is 5.75 Å². The first-order valence-electron chi connectivity index (χ1n) is 6.89. The number of rotatable bonds is 7. The van der Waals surface area contributed by atoms with Crippen molar-refractivity contribution in [3.63, 3.8) is 0 Å². The Morgan fingerprint density at radius 2 is 2.12 bits per heavy atom. The SMILES string of the molecule is O=C(O)CCCN1C(=O)/C(=C\c2ccccc2OC(F)F)SC1=S. The third-order valence-electron chi connectivity index (χ3n) is 3.07. The molecule has 24 heavy (non-hydrogen) atoms. The van der Waals surface area contributed by atoms with Crippen molar-refractivity contribution in [1.29, 1.82) is 0 Å². The Morgan fingerprint density at radius 3 is 2.79 bits per heavy atom. The second-order valence-corrected chi connectivity index (χ2v) is 6.42. The van der Waals surface area contributed by atoms with Gasteiger partial charge in [-0.1, -0.05) is 42.2 Å². The Hall–Kier alpha value is -2.00. The fraction of sp³-hybridized carbons (Fsp3) is 0.267. The van der Waals surface area contributed by atoms with Gasteiger partial charge in [-0.15, -0.1) is 0 Å². The lowest BCUT2D eigenvalue weighted by Gasteiger charge is -2.13. The summed E-state index contributed by atoms with van der Waals surface area (Å²) in [5, 5.41) is 8.64. The summed E-state index contributed by atoms with van der Waals surface area (Å²) < 4.78 is 29.6. The molecular weight excluding hydrogens is 360 g/mol. The van der Waals surface area contributed by atoms with Crippen LogP contribution in [0.4, 0.5) is 8.78 Å². The van der Waals surface area contributed by atoms with E-state index in [1.165, 1.54) is 17.0 Å². The van der Waals surface area contributed by atoms with Crippen molar-refractivity contribution >= 4 is 46.3 Å². The minimum atomic E-state index is -2.97. The quantitative estimate of drug-likeness (QED) is 0.584. The number of carboxylic acid groups (broad SMARTS) is 1. The minimum absolute atomic E-state index is 0.0383. The van der Waals surface area contributed by atoms with E-state index in [0.717, 1.165) is 11.8 Å². The molecule has 1 aromatic carbocycles. The first-order chi connectivity index (χ1) is 11.4. The van der Waals surface area contributed by atoms with Gasteiger partial charge in [0.2, 0.25) is 0 Å². The van der Waals surface area contributed by atoms with Gasteiger partial charge in [0.05, 0.1) is 4.91 Å². The summed E-state index contributed by atoms with van der Waals surface area (Å²) >= 11 is 6.16. The lowest BCUT2D eigenvalue weighted by Crippen LogP contribution is -2.29. The molecule has 0 bridgehead atoms. The highest BCUT2D eigenvalue weighted by molar-refractivity contribution is 8.26. The summed E-state index contributed by atoms with van der Waals surface area (Å²) in [6, 6.07) is 6.12. The molecule has 2 rings (SSSR count). The van der Waals surface area contributed by atoms with Gasteiger partial charge in [-0.05, 0) is 18.6 Å².